The summed E-state index contributed by atoms with van der Waals surface area (Å²) in [4.78, 5) is 16.2. The molecule has 5 heteroatoms. The zero-order valence-corrected chi connectivity index (χ0v) is 15.8. The Morgan fingerprint density at radius 1 is 0.931 bits per heavy atom. The summed E-state index contributed by atoms with van der Waals surface area (Å²) in [6.07, 6.45) is 5.11. The van der Waals surface area contributed by atoms with E-state index in [9.17, 15) is 9.18 Å². The van der Waals surface area contributed by atoms with E-state index >= 15 is 0 Å². The molecule has 0 unspecified atom stereocenters. The van der Waals surface area contributed by atoms with Gasteiger partial charge in [0.25, 0.3) is 0 Å². The standard InChI is InChI=1S/C24H20FN3O/c25-22-14-19(8-11-23(22)28-13-12-26-17-28)16-27-24(29)15-18-6-9-21(10-7-18)20-4-2-1-3-5-20/h1-14,17H,15-16H2,(H,27,29). The maximum atomic E-state index is 14.3. The van der Waals surface area contributed by atoms with E-state index in [4.69, 9.17) is 0 Å². The molecule has 0 fully saturated rings. The topological polar surface area (TPSA) is 46.9 Å². The van der Waals surface area contributed by atoms with Crippen molar-refractivity contribution >= 4 is 5.91 Å². The maximum absolute atomic E-state index is 14.3. The Hall–Kier alpha value is -3.73. The van der Waals surface area contributed by atoms with Crippen molar-refractivity contribution in [3.63, 3.8) is 0 Å². The van der Waals surface area contributed by atoms with Gasteiger partial charge in [0.15, 0.2) is 0 Å². The lowest BCUT2D eigenvalue weighted by Crippen LogP contribution is -2.24. The highest BCUT2D eigenvalue weighted by atomic mass is 19.1. The van der Waals surface area contributed by atoms with E-state index in [0.717, 1.165) is 16.7 Å². The molecule has 29 heavy (non-hydrogen) atoms. The zero-order chi connectivity index (χ0) is 20.1. The number of rotatable bonds is 6. The van der Waals surface area contributed by atoms with Crippen molar-refractivity contribution in [2.75, 3.05) is 0 Å². The van der Waals surface area contributed by atoms with Gasteiger partial charge >= 0.3 is 0 Å². The fraction of sp³-hybridized carbons (Fsp3) is 0.0833. The van der Waals surface area contributed by atoms with Crippen LogP contribution in [0, 0.1) is 5.82 Å². The van der Waals surface area contributed by atoms with Crippen LogP contribution in [0.4, 0.5) is 4.39 Å². The molecule has 0 bridgehead atoms. The number of hydrogen-bond acceptors (Lipinski definition) is 2. The second kappa shape index (κ2) is 8.52. The summed E-state index contributed by atoms with van der Waals surface area (Å²) in [6.45, 7) is 0.280. The zero-order valence-electron chi connectivity index (χ0n) is 15.8. The number of amides is 1. The monoisotopic (exact) mass is 385 g/mol. The minimum absolute atomic E-state index is 0.100. The fourth-order valence-electron chi connectivity index (χ4n) is 3.17. The fourth-order valence-corrected chi connectivity index (χ4v) is 3.17. The highest BCUT2D eigenvalue weighted by Crippen LogP contribution is 2.19. The van der Waals surface area contributed by atoms with Crippen molar-refractivity contribution in [2.24, 2.45) is 0 Å². The van der Waals surface area contributed by atoms with Gasteiger partial charge in [-0.15, -0.1) is 0 Å². The first-order chi connectivity index (χ1) is 14.2. The van der Waals surface area contributed by atoms with Crippen LogP contribution in [0.15, 0.2) is 91.5 Å². The van der Waals surface area contributed by atoms with Crippen LogP contribution in [0.25, 0.3) is 16.8 Å². The summed E-state index contributed by atoms with van der Waals surface area (Å²) in [6, 6.07) is 23.0. The molecule has 0 atom stereocenters. The van der Waals surface area contributed by atoms with E-state index in [0.29, 0.717) is 11.3 Å². The van der Waals surface area contributed by atoms with Crippen LogP contribution in [-0.4, -0.2) is 15.5 Å². The number of nitrogens with zero attached hydrogens (tertiary/aromatic N) is 2. The first-order valence-electron chi connectivity index (χ1n) is 9.37. The largest absolute Gasteiger partial charge is 0.352 e. The second-order valence-corrected chi connectivity index (χ2v) is 6.77. The predicted octanol–water partition coefficient (Wildman–Crippen LogP) is 4.54. The number of imidazole rings is 1. The first kappa shape index (κ1) is 18.6. The van der Waals surface area contributed by atoms with Gasteiger partial charge in [0.05, 0.1) is 18.4 Å². The lowest BCUT2D eigenvalue weighted by atomic mass is 10.0. The molecule has 1 aromatic heterocycles. The van der Waals surface area contributed by atoms with Gasteiger partial charge in [-0.05, 0) is 34.4 Å². The Labute approximate surface area is 168 Å². The average molecular weight is 385 g/mol. The van der Waals surface area contributed by atoms with Gasteiger partial charge in [0.1, 0.15) is 5.82 Å². The molecule has 4 rings (SSSR count). The lowest BCUT2D eigenvalue weighted by Gasteiger charge is -2.09. The van der Waals surface area contributed by atoms with Gasteiger partial charge in [-0.2, -0.15) is 0 Å². The molecule has 1 heterocycles. The van der Waals surface area contributed by atoms with Crippen molar-refractivity contribution in [2.45, 2.75) is 13.0 Å². The Morgan fingerprint density at radius 2 is 1.66 bits per heavy atom. The number of hydrogen-bond donors (Lipinski definition) is 1. The molecule has 144 valence electrons. The third-order valence-corrected chi connectivity index (χ3v) is 4.71. The summed E-state index contributed by atoms with van der Waals surface area (Å²) in [7, 11) is 0. The molecule has 4 aromatic rings. The number of benzene rings is 3. The molecule has 4 nitrogen and oxygen atoms in total. The molecular weight excluding hydrogens is 365 g/mol. The van der Waals surface area contributed by atoms with Gasteiger partial charge in [-0.1, -0.05) is 60.7 Å². The minimum atomic E-state index is -0.355. The predicted molar refractivity (Wildman–Crippen MR) is 111 cm³/mol. The van der Waals surface area contributed by atoms with Crippen LogP contribution in [0.3, 0.4) is 0 Å². The quantitative estimate of drug-likeness (QED) is 0.530. The lowest BCUT2D eigenvalue weighted by molar-refractivity contribution is -0.120. The molecule has 0 saturated heterocycles. The van der Waals surface area contributed by atoms with Crippen molar-refractivity contribution in [3.05, 3.63) is 108 Å². The molecule has 0 aliphatic rings. The van der Waals surface area contributed by atoms with Crippen LogP contribution in [0.5, 0.6) is 0 Å². The van der Waals surface area contributed by atoms with Crippen molar-refractivity contribution < 1.29 is 9.18 Å². The molecule has 0 radical (unpaired) electrons. The Bertz CT molecular complexity index is 1090. The summed E-state index contributed by atoms with van der Waals surface area (Å²) in [5, 5.41) is 2.85. The SMILES string of the molecule is O=C(Cc1ccc(-c2ccccc2)cc1)NCc1ccc(-n2ccnc2)c(F)c1. The molecule has 0 aliphatic carbocycles. The van der Waals surface area contributed by atoms with E-state index in [2.05, 4.69) is 22.4 Å². The van der Waals surface area contributed by atoms with Crippen LogP contribution < -0.4 is 5.32 Å². The molecule has 1 N–H and O–H groups in total. The summed E-state index contributed by atoms with van der Waals surface area (Å²) >= 11 is 0. The van der Waals surface area contributed by atoms with Crippen LogP contribution in [0.2, 0.25) is 0 Å². The van der Waals surface area contributed by atoms with Gasteiger partial charge in [-0.25, -0.2) is 9.37 Å². The number of carbonyl (C=O) groups is 1. The van der Waals surface area contributed by atoms with E-state index in [1.807, 2.05) is 42.5 Å². The third-order valence-electron chi connectivity index (χ3n) is 4.71. The van der Waals surface area contributed by atoms with Gasteiger partial charge in [0.2, 0.25) is 5.91 Å². The number of aromatic nitrogens is 2. The third kappa shape index (κ3) is 4.58. The minimum Gasteiger partial charge on any atom is -0.352 e. The number of halogens is 1. The van der Waals surface area contributed by atoms with Crippen LogP contribution in [0.1, 0.15) is 11.1 Å². The normalized spacial score (nSPS) is 10.7. The summed E-state index contributed by atoms with van der Waals surface area (Å²) < 4.78 is 15.9. The summed E-state index contributed by atoms with van der Waals surface area (Å²) in [5.74, 6) is -0.456. The average Bonchev–Trinajstić information content (AvgIpc) is 3.28. The highest BCUT2D eigenvalue weighted by molar-refractivity contribution is 5.78. The molecule has 0 spiro atoms. The Balaban J connectivity index is 1.34. The van der Waals surface area contributed by atoms with Crippen molar-refractivity contribution in [3.8, 4) is 16.8 Å². The Kier molecular flexibility index (Phi) is 5.47. The molecule has 1 amide bonds. The molecule has 0 aliphatic heterocycles. The van der Waals surface area contributed by atoms with E-state index < -0.39 is 0 Å². The van der Waals surface area contributed by atoms with Crippen LogP contribution >= 0.6 is 0 Å². The first-order valence-corrected chi connectivity index (χ1v) is 9.37. The molecule has 3 aromatic carbocycles. The van der Waals surface area contributed by atoms with Crippen molar-refractivity contribution in [1.29, 1.82) is 0 Å². The van der Waals surface area contributed by atoms with E-state index in [1.165, 1.54) is 6.07 Å². The van der Waals surface area contributed by atoms with Gasteiger partial charge in [0, 0.05) is 18.9 Å². The maximum Gasteiger partial charge on any atom is 0.224 e. The van der Waals surface area contributed by atoms with Gasteiger partial charge < -0.3 is 9.88 Å². The summed E-state index contributed by atoms with van der Waals surface area (Å²) in [5.41, 5.74) is 4.33. The molecule has 0 saturated carbocycles. The van der Waals surface area contributed by atoms with E-state index in [-0.39, 0.29) is 24.7 Å². The number of carbonyl (C=O) groups excluding carboxylic acids is 1. The smallest absolute Gasteiger partial charge is 0.224 e. The van der Waals surface area contributed by atoms with Crippen LogP contribution in [-0.2, 0) is 17.8 Å². The van der Waals surface area contributed by atoms with Gasteiger partial charge in [-0.3, -0.25) is 4.79 Å². The second-order valence-electron chi connectivity index (χ2n) is 6.77. The Morgan fingerprint density at radius 3 is 2.34 bits per heavy atom. The highest BCUT2D eigenvalue weighted by Gasteiger charge is 2.08. The number of nitrogens with one attached hydrogen (secondary N) is 1. The van der Waals surface area contributed by atoms with Crippen molar-refractivity contribution in [1.82, 2.24) is 14.9 Å². The van der Waals surface area contributed by atoms with E-state index in [1.54, 1.807) is 35.4 Å². The molecular formula is C24H20FN3O.